The van der Waals surface area contributed by atoms with E-state index in [0.717, 1.165) is 73.9 Å². The van der Waals surface area contributed by atoms with E-state index < -0.39 is 0 Å². The molecule has 14 heteroatoms. The molecule has 4 aliphatic carbocycles. The molecule has 314 valence electrons. The van der Waals surface area contributed by atoms with Crippen molar-refractivity contribution >= 4 is 11.9 Å². The number of nitrogens with one attached hydrogen (secondary N) is 1. The van der Waals surface area contributed by atoms with Gasteiger partial charge < -0.3 is 29.1 Å². The lowest BCUT2D eigenvalue weighted by Gasteiger charge is -2.44. The van der Waals surface area contributed by atoms with E-state index in [2.05, 4.69) is 64.2 Å². The summed E-state index contributed by atoms with van der Waals surface area (Å²) in [6.45, 7) is 12.3. The van der Waals surface area contributed by atoms with Gasteiger partial charge in [-0.05, 0) is 80.9 Å². The van der Waals surface area contributed by atoms with Crippen LogP contribution in [0.3, 0.4) is 0 Å². The third kappa shape index (κ3) is 9.59. The van der Waals surface area contributed by atoms with Gasteiger partial charge >= 0.3 is 0 Å². The Morgan fingerprint density at radius 2 is 1.82 bits per heavy atom. The molecular weight excluding hydrogens is 759 g/mol. The number of hydrogen-bond donors (Lipinski definition) is 1. The number of likely N-dealkylation sites (tertiary alicyclic amines) is 1. The lowest BCUT2D eigenvalue weighted by atomic mass is 9.81. The minimum absolute atomic E-state index is 0.0507. The molecule has 1 N–H and O–H groups in total. The number of hydrogen-bond acceptors (Lipinski definition) is 13. The van der Waals surface area contributed by atoms with Gasteiger partial charge in [0.05, 0.1) is 69.2 Å². The second-order valence-electron chi connectivity index (χ2n) is 18.6. The maximum atomic E-state index is 6.67. The SMILES string of the molecule is Cc1cc(C#CC2CC2)cnc1/C(C=NCC1OCC(C2CC2)CO1)=N/NC1CC1Oc1cc(C#CCN2CC(C)(C)C2)cnc1-c1cn(CC2OCC3(CCC3)O2)nn1. The van der Waals surface area contributed by atoms with Crippen molar-refractivity contribution in [1.29, 1.82) is 0 Å². The molecule has 3 atom stereocenters. The number of hydrazone groups is 1. The highest BCUT2D eigenvalue weighted by Crippen LogP contribution is 2.42. The molecular formula is C46H55N9O5. The smallest absolute Gasteiger partial charge is 0.178 e. The average Bonchev–Trinajstić information content (AvgIpc) is 4.17. The standard InChI is InChI=1S/C46H55N9O5/c1-30-16-33(10-9-31-7-8-31)20-48-43(30)37(21-47-22-41-56-25-35(26-57-41)34-11-12-34)51-50-36-18-39(36)59-40-17-32(6-4-15-54-27-45(2,3)28-54)19-49-44(40)38-23-55(53-52-38)24-42-58-29-46(60-42)13-5-14-46/h16-17,19-21,23,31,34-36,39,41-42,50H,5,7-8,11-15,18,22,24-29H2,1-3H3/b47-21?,51-37+. The van der Waals surface area contributed by atoms with Crippen molar-refractivity contribution in [2.75, 3.05) is 46.0 Å². The van der Waals surface area contributed by atoms with Gasteiger partial charge in [-0.25, -0.2) is 9.67 Å². The molecule has 10 rings (SSSR count). The fourth-order valence-corrected chi connectivity index (χ4v) is 8.44. The predicted molar refractivity (Wildman–Crippen MR) is 224 cm³/mol. The molecule has 0 aromatic carbocycles. The zero-order valence-corrected chi connectivity index (χ0v) is 34.9. The predicted octanol–water partition coefficient (Wildman–Crippen LogP) is 4.78. The Balaban J connectivity index is 0.837. The molecule has 3 saturated heterocycles. The van der Waals surface area contributed by atoms with Gasteiger partial charge in [-0.15, -0.1) is 5.10 Å². The quantitative estimate of drug-likeness (QED) is 0.145. The molecule has 14 nitrogen and oxygen atoms in total. The van der Waals surface area contributed by atoms with Crippen LogP contribution >= 0.6 is 0 Å². The number of ether oxygens (including phenoxy) is 5. The van der Waals surface area contributed by atoms with Crippen molar-refractivity contribution in [3.05, 3.63) is 53.1 Å². The molecule has 7 fully saturated rings. The van der Waals surface area contributed by atoms with Crippen LogP contribution in [0.4, 0.5) is 0 Å². The summed E-state index contributed by atoms with van der Waals surface area (Å²) >= 11 is 0. The Labute approximate surface area is 352 Å². The number of aromatic nitrogens is 5. The second-order valence-corrected chi connectivity index (χ2v) is 18.6. The van der Waals surface area contributed by atoms with E-state index in [4.69, 9.17) is 43.7 Å². The summed E-state index contributed by atoms with van der Waals surface area (Å²) in [5, 5.41) is 13.8. The van der Waals surface area contributed by atoms with Crippen LogP contribution in [0.15, 0.2) is 40.8 Å². The average molecular weight is 814 g/mol. The van der Waals surface area contributed by atoms with Crippen molar-refractivity contribution < 1.29 is 23.7 Å². The highest BCUT2D eigenvalue weighted by atomic mass is 16.7. The van der Waals surface area contributed by atoms with E-state index in [1.54, 1.807) is 17.1 Å². The number of pyridine rings is 2. The summed E-state index contributed by atoms with van der Waals surface area (Å²) < 4.78 is 32.7. The summed E-state index contributed by atoms with van der Waals surface area (Å²) in [6, 6.07) is 3.97. The van der Waals surface area contributed by atoms with Crippen LogP contribution in [0.2, 0.25) is 0 Å². The van der Waals surface area contributed by atoms with E-state index in [0.29, 0.717) is 66.3 Å². The molecule has 7 aliphatic rings. The van der Waals surface area contributed by atoms with Crippen LogP contribution in [0.25, 0.3) is 11.4 Å². The summed E-state index contributed by atoms with van der Waals surface area (Å²) in [7, 11) is 0. The first-order valence-electron chi connectivity index (χ1n) is 21.8. The van der Waals surface area contributed by atoms with Crippen molar-refractivity contribution in [3.63, 3.8) is 0 Å². The molecule has 3 unspecified atom stereocenters. The number of aliphatic imine (C=N–C) groups is 1. The van der Waals surface area contributed by atoms with Crippen LogP contribution in [-0.4, -0.2) is 118 Å². The van der Waals surface area contributed by atoms with Gasteiger partial charge in [0, 0.05) is 54.9 Å². The number of aryl methyl sites for hydroxylation is 1. The van der Waals surface area contributed by atoms with Crippen LogP contribution in [0.5, 0.6) is 5.75 Å². The zero-order valence-electron chi connectivity index (χ0n) is 34.9. The highest BCUT2D eigenvalue weighted by molar-refractivity contribution is 6.37. The Hall–Kier alpha value is -4.70. The van der Waals surface area contributed by atoms with E-state index in [9.17, 15) is 0 Å². The Kier molecular flexibility index (Phi) is 10.9. The monoisotopic (exact) mass is 813 g/mol. The molecule has 0 amide bonds. The maximum absolute atomic E-state index is 6.67. The molecule has 0 bridgehead atoms. The summed E-state index contributed by atoms with van der Waals surface area (Å²) in [5.74, 6) is 15.6. The van der Waals surface area contributed by atoms with Crippen molar-refractivity contribution in [3.8, 4) is 40.8 Å². The number of nitrogens with zero attached hydrogens (tertiary/aromatic N) is 8. The van der Waals surface area contributed by atoms with Gasteiger partial charge in [-0.1, -0.05) is 42.7 Å². The van der Waals surface area contributed by atoms with Crippen molar-refractivity contribution in [1.82, 2.24) is 35.3 Å². The molecule has 3 aromatic rings. The molecule has 60 heavy (non-hydrogen) atoms. The van der Waals surface area contributed by atoms with Gasteiger partial charge in [0.1, 0.15) is 29.0 Å². The van der Waals surface area contributed by atoms with Gasteiger partial charge in [0.2, 0.25) is 0 Å². The van der Waals surface area contributed by atoms with Gasteiger partial charge in [0.15, 0.2) is 12.6 Å². The lowest BCUT2D eigenvalue weighted by Crippen LogP contribution is -2.52. The van der Waals surface area contributed by atoms with E-state index in [1.165, 1.54) is 32.1 Å². The third-order valence-electron chi connectivity index (χ3n) is 12.4. The first kappa shape index (κ1) is 39.4. The third-order valence-corrected chi connectivity index (χ3v) is 12.4. The highest BCUT2D eigenvalue weighted by Gasteiger charge is 2.46. The van der Waals surface area contributed by atoms with E-state index in [-0.39, 0.29) is 30.3 Å². The van der Waals surface area contributed by atoms with E-state index >= 15 is 0 Å². The van der Waals surface area contributed by atoms with Crippen LogP contribution in [-0.2, 0) is 25.5 Å². The Bertz CT molecular complexity index is 2240. The molecule has 6 heterocycles. The van der Waals surface area contributed by atoms with Gasteiger partial charge in [0.25, 0.3) is 0 Å². The Morgan fingerprint density at radius 1 is 1.00 bits per heavy atom. The van der Waals surface area contributed by atoms with Crippen molar-refractivity contribution in [2.45, 2.75) is 109 Å². The Morgan fingerprint density at radius 3 is 2.55 bits per heavy atom. The molecule has 0 radical (unpaired) electrons. The molecule has 4 saturated carbocycles. The van der Waals surface area contributed by atoms with Gasteiger partial charge in [-0.3, -0.25) is 14.9 Å². The summed E-state index contributed by atoms with van der Waals surface area (Å²) in [5.41, 5.74) is 8.80. The van der Waals surface area contributed by atoms with E-state index in [1.807, 2.05) is 25.4 Å². The normalized spacial score (nSPS) is 28.0. The summed E-state index contributed by atoms with van der Waals surface area (Å²) in [6.07, 6.45) is 15.3. The molecule has 3 aliphatic heterocycles. The lowest BCUT2D eigenvalue weighted by molar-refractivity contribution is -0.197. The van der Waals surface area contributed by atoms with Gasteiger partial charge in [-0.2, -0.15) is 5.10 Å². The first-order valence-corrected chi connectivity index (χ1v) is 21.8. The second kappa shape index (κ2) is 16.6. The minimum Gasteiger partial charge on any atom is -0.486 e. The maximum Gasteiger partial charge on any atom is 0.178 e. The van der Waals surface area contributed by atoms with Crippen LogP contribution in [0.1, 0.15) is 87.6 Å². The molecule has 1 spiro atoms. The summed E-state index contributed by atoms with van der Waals surface area (Å²) in [4.78, 5) is 16.7. The van der Waals surface area contributed by atoms with Crippen LogP contribution in [0, 0.1) is 53.8 Å². The largest absolute Gasteiger partial charge is 0.486 e. The fourth-order valence-electron chi connectivity index (χ4n) is 8.44. The van der Waals surface area contributed by atoms with Crippen LogP contribution < -0.4 is 10.2 Å². The van der Waals surface area contributed by atoms with Crippen molar-refractivity contribution in [2.24, 2.45) is 33.3 Å². The molecule has 3 aromatic heterocycles. The topological polar surface area (TPSA) is 143 Å². The fraction of sp³-hybridized carbons (Fsp3) is 0.609. The first-order chi connectivity index (χ1) is 29.2. The zero-order chi connectivity index (χ0) is 40.7. The minimum atomic E-state index is -0.364. The number of rotatable bonds is 13.